The summed E-state index contributed by atoms with van der Waals surface area (Å²) in [5, 5.41) is 0. The second-order valence-electron chi connectivity index (χ2n) is 9.30. The quantitative estimate of drug-likeness (QED) is 0.224. The molecule has 0 unspecified atom stereocenters. The van der Waals surface area contributed by atoms with Crippen molar-refractivity contribution in [3.05, 3.63) is 130 Å². The second-order valence-corrected chi connectivity index (χ2v) is 12.0. The standard InChI is InChI=1S/C31H24Br2N2O3S/c1-3-14-38-29-24(32)15-18(16-25(29)33)17-26-30(36)35-28(20-8-11-21(37-2)12-9-20)23-13-10-19-6-4-5-7-22(19)27(23)34-31(35)39-26/h3-9,11-12,15-17,28H,1,10,13-14H2,2H3/b26-17+/t28-/m0/s1. The molecule has 0 spiro atoms. The van der Waals surface area contributed by atoms with Gasteiger partial charge in [0.1, 0.15) is 18.1 Å². The normalized spacial score (nSPS) is 16.2. The van der Waals surface area contributed by atoms with E-state index in [4.69, 9.17) is 14.5 Å². The number of halogens is 2. The lowest BCUT2D eigenvalue weighted by Crippen LogP contribution is -2.38. The van der Waals surface area contributed by atoms with Gasteiger partial charge in [-0.2, -0.15) is 0 Å². The number of benzene rings is 3. The van der Waals surface area contributed by atoms with Crippen molar-refractivity contribution in [1.29, 1.82) is 0 Å². The van der Waals surface area contributed by atoms with Crippen LogP contribution in [0.1, 0.15) is 34.7 Å². The molecule has 8 heteroatoms. The van der Waals surface area contributed by atoms with E-state index in [0.29, 0.717) is 21.7 Å². The first kappa shape index (κ1) is 26.0. The number of ether oxygens (including phenoxy) is 2. The first-order valence-corrected chi connectivity index (χ1v) is 14.9. The Balaban J connectivity index is 1.54. The zero-order valence-electron chi connectivity index (χ0n) is 21.1. The molecular weight excluding hydrogens is 640 g/mol. The molecule has 1 aromatic heterocycles. The van der Waals surface area contributed by atoms with Crippen molar-refractivity contribution in [1.82, 2.24) is 4.57 Å². The van der Waals surface area contributed by atoms with Crippen LogP contribution in [0.3, 0.4) is 0 Å². The monoisotopic (exact) mass is 662 g/mol. The molecule has 1 atom stereocenters. The van der Waals surface area contributed by atoms with Crippen molar-refractivity contribution in [2.45, 2.75) is 18.9 Å². The van der Waals surface area contributed by atoms with E-state index in [1.807, 2.05) is 47.0 Å². The molecule has 2 heterocycles. The maximum absolute atomic E-state index is 14.0. The molecule has 6 rings (SSSR count). The van der Waals surface area contributed by atoms with Gasteiger partial charge >= 0.3 is 0 Å². The van der Waals surface area contributed by atoms with Crippen molar-refractivity contribution < 1.29 is 9.47 Å². The summed E-state index contributed by atoms with van der Waals surface area (Å²) in [6.07, 6.45) is 5.38. The zero-order valence-corrected chi connectivity index (χ0v) is 25.1. The van der Waals surface area contributed by atoms with Crippen molar-refractivity contribution in [3.8, 4) is 11.5 Å². The van der Waals surface area contributed by atoms with Crippen LogP contribution in [0.15, 0.2) is 97.6 Å². The molecule has 1 aliphatic heterocycles. The van der Waals surface area contributed by atoms with Crippen LogP contribution in [-0.2, 0) is 6.42 Å². The van der Waals surface area contributed by atoms with Crippen LogP contribution in [0.4, 0.5) is 0 Å². The molecule has 196 valence electrons. The molecule has 39 heavy (non-hydrogen) atoms. The van der Waals surface area contributed by atoms with E-state index in [0.717, 1.165) is 49.9 Å². The number of nitrogens with zero attached hydrogens (tertiary/aromatic N) is 2. The zero-order chi connectivity index (χ0) is 27.1. The molecular formula is C31H24Br2N2O3S. The molecule has 1 aliphatic carbocycles. The maximum Gasteiger partial charge on any atom is 0.271 e. The van der Waals surface area contributed by atoms with Gasteiger partial charge in [0, 0.05) is 5.56 Å². The Hall–Kier alpha value is -3.20. The fourth-order valence-corrected chi connectivity index (χ4v) is 7.65. The smallest absolute Gasteiger partial charge is 0.271 e. The summed E-state index contributed by atoms with van der Waals surface area (Å²) in [7, 11) is 1.66. The van der Waals surface area contributed by atoms with Crippen LogP contribution < -0.4 is 24.4 Å². The Morgan fingerprint density at radius 1 is 1.10 bits per heavy atom. The highest BCUT2D eigenvalue weighted by molar-refractivity contribution is 9.11. The lowest BCUT2D eigenvalue weighted by Gasteiger charge is -2.30. The van der Waals surface area contributed by atoms with Crippen LogP contribution in [0, 0.1) is 0 Å². The fourth-order valence-electron chi connectivity index (χ4n) is 5.20. The number of rotatable bonds is 6. The summed E-state index contributed by atoms with van der Waals surface area (Å²) in [6.45, 7) is 4.11. The molecule has 3 aromatic carbocycles. The van der Waals surface area contributed by atoms with Gasteiger partial charge in [0.25, 0.3) is 5.56 Å². The minimum Gasteiger partial charge on any atom is -0.497 e. The van der Waals surface area contributed by atoms with Crippen molar-refractivity contribution in [2.24, 2.45) is 4.99 Å². The van der Waals surface area contributed by atoms with E-state index in [-0.39, 0.29) is 11.6 Å². The van der Waals surface area contributed by atoms with Crippen LogP contribution in [0.5, 0.6) is 11.5 Å². The first-order chi connectivity index (χ1) is 19.0. The number of thiazole rings is 1. The van der Waals surface area contributed by atoms with Gasteiger partial charge in [0.2, 0.25) is 0 Å². The number of hydrogen-bond donors (Lipinski definition) is 0. The number of fused-ring (bicyclic) bond motifs is 3. The van der Waals surface area contributed by atoms with E-state index in [9.17, 15) is 4.79 Å². The molecule has 0 saturated carbocycles. The third-order valence-corrected chi connectivity index (χ3v) is 9.13. The first-order valence-electron chi connectivity index (χ1n) is 12.5. The van der Waals surface area contributed by atoms with Gasteiger partial charge in [0.15, 0.2) is 4.80 Å². The minimum absolute atomic E-state index is 0.0517. The molecule has 0 bridgehead atoms. The topological polar surface area (TPSA) is 52.8 Å². The largest absolute Gasteiger partial charge is 0.497 e. The molecule has 4 aromatic rings. The van der Waals surface area contributed by atoms with Gasteiger partial charge in [0.05, 0.1) is 32.3 Å². The van der Waals surface area contributed by atoms with E-state index >= 15 is 0 Å². The van der Waals surface area contributed by atoms with Crippen molar-refractivity contribution in [3.63, 3.8) is 0 Å². The fraction of sp³-hybridized carbons (Fsp3) is 0.161. The molecule has 0 saturated heterocycles. The van der Waals surface area contributed by atoms with Gasteiger partial charge in [-0.15, -0.1) is 0 Å². The predicted octanol–water partition coefficient (Wildman–Crippen LogP) is 6.42. The Morgan fingerprint density at radius 2 is 1.85 bits per heavy atom. The van der Waals surface area contributed by atoms with Crippen LogP contribution in [0.25, 0.3) is 11.8 Å². The number of hydrogen-bond acceptors (Lipinski definition) is 5. The summed E-state index contributed by atoms with van der Waals surface area (Å²) in [6, 6.07) is 20.1. The molecule has 0 N–H and O–H groups in total. The highest BCUT2D eigenvalue weighted by Gasteiger charge is 2.32. The summed E-state index contributed by atoms with van der Waals surface area (Å²) >= 11 is 8.62. The summed E-state index contributed by atoms with van der Waals surface area (Å²) in [5.74, 6) is 1.48. The average molecular weight is 664 g/mol. The number of methoxy groups -OCH3 is 1. The van der Waals surface area contributed by atoms with Crippen molar-refractivity contribution >= 4 is 55.0 Å². The number of allylic oxidation sites excluding steroid dienone is 1. The predicted molar refractivity (Wildman–Crippen MR) is 163 cm³/mol. The van der Waals surface area contributed by atoms with Gasteiger partial charge in [-0.3, -0.25) is 9.36 Å². The van der Waals surface area contributed by atoms with E-state index in [1.54, 1.807) is 13.2 Å². The van der Waals surface area contributed by atoms with Gasteiger partial charge in [-0.05, 0) is 97.3 Å². The van der Waals surface area contributed by atoms with Crippen molar-refractivity contribution in [2.75, 3.05) is 13.7 Å². The van der Waals surface area contributed by atoms with Gasteiger partial charge < -0.3 is 9.47 Å². The van der Waals surface area contributed by atoms with Crippen LogP contribution in [0.2, 0.25) is 0 Å². The number of aryl methyl sites for hydroxylation is 1. The summed E-state index contributed by atoms with van der Waals surface area (Å²) in [5.41, 5.74) is 6.47. The van der Waals surface area contributed by atoms with Gasteiger partial charge in [-0.1, -0.05) is 60.4 Å². The Kier molecular flexibility index (Phi) is 7.18. The minimum atomic E-state index is -0.231. The third kappa shape index (κ3) is 4.75. The van der Waals surface area contributed by atoms with E-state index in [1.165, 1.54) is 22.5 Å². The maximum atomic E-state index is 14.0. The van der Waals surface area contributed by atoms with E-state index in [2.05, 4.69) is 62.7 Å². The highest BCUT2D eigenvalue weighted by atomic mass is 79.9. The van der Waals surface area contributed by atoms with Gasteiger partial charge in [-0.25, -0.2) is 4.99 Å². The molecule has 5 nitrogen and oxygen atoms in total. The summed E-state index contributed by atoms with van der Waals surface area (Å²) < 4.78 is 15.2. The average Bonchev–Trinajstić information content (AvgIpc) is 3.25. The Labute approximate surface area is 246 Å². The van der Waals surface area contributed by atoms with Crippen LogP contribution >= 0.6 is 43.2 Å². The van der Waals surface area contributed by atoms with E-state index < -0.39 is 0 Å². The second kappa shape index (κ2) is 10.8. The third-order valence-electron chi connectivity index (χ3n) is 6.97. The SMILES string of the molecule is C=CCOc1c(Br)cc(/C=c2/sc3n(c2=O)[C@@H](c2ccc(OC)cc2)C2=C(N=3)c3ccccc3CC2)cc1Br. The number of aromatic nitrogens is 1. The lowest BCUT2D eigenvalue weighted by molar-refractivity contribution is 0.358. The Bertz CT molecular complexity index is 1800. The summed E-state index contributed by atoms with van der Waals surface area (Å²) in [4.78, 5) is 19.8. The Morgan fingerprint density at radius 3 is 2.56 bits per heavy atom. The molecule has 0 fully saturated rings. The lowest BCUT2D eigenvalue weighted by atomic mass is 9.83. The molecule has 2 aliphatic rings. The molecule has 0 amide bonds. The van der Waals surface area contributed by atoms with Crippen LogP contribution in [-0.4, -0.2) is 18.3 Å². The highest BCUT2D eigenvalue weighted by Crippen LogP contribution is 2.41. The molecule has 0 radical (unpaired) electrons.